The Hall–Kier alpha value is -1.51. The molecule has 1 N–H and O–H groups in total. The Morgan fingerprint density at radius 1 is 1.05 bits per heavy atom. The van der Waals surface area contributed by atoms with Gasteiger partial charge in [0, 0.05) is 10.0 Å². The Kier molecular flexibility index (Phi) is 4.69. The van der Waals surface area contributed by atoms with Gasteiger partial charge in [-0.25, -0.2) is 4.79 Å². The first kappa shape index (κ1) is 14.9. The van der Waals surface area contributed by atoms with Gasteiger partial charge in [0.15, 0.2) is 0 Å². The molecule has 0 saturated heterocycles. The van der Waals surface area contributed by atoms with Crippen LogP contribution in [0.5, 0.6) is 0 Å². The third kappa shape index (κ3) is 3.33. The zero-order valence-corrected chi connectivity index (χ0v) is 12.5. The molecule has 0 fully saturated rings. The number of halogens is 2. The molecule has 0 atom stereocenters. The molecular weight excluding hydrogens is 295 g/mol. The van der Waals surface area contributed by atoms with Crippen LogP contribution in [0, 0.1) is 0 Å². The first-order chi connectivity index (χ1) is 9.51. The molecule has 0 heterocycles. The molecule has 4 heteroatoms. The lowest BCUT2D eigenvalue weighted by atomic mass is 9.97. The van der Waals surface area contributed by atoms with Crippen molar-refractivity contribution in [3.05, 3.63) is 57.6 Å². The van der Waals surface area contributed by atoms with Gasteiger partial charge >= 0.3 is 5.97 Å². The summed E-state index contributed by atoms with van der Waals surface area (Å²) in [5.41, 5.74) is 2.79. The van der Waals surface area contributed by atoms with Crippen molar-refractivity contribution >= 4 is 29.2 Å². The molecule has 0 saturated carbocycles. The van der Waals surface area contributed by atoms with Crippen LogP contribution in [0.25, 0.3) is 11.1 Å². The normalized spacial score (nSPS) is 10.6. The first-order valence-electron chi connectivity index (χ1n) is 6.34. The van der Waals surface area contributed by atoms with E-state index in [4.69, 9.17) is 23.2 Å². The van der Waals surface area contributed by atoms with Crippen LogP contribution in [0.4, 0.5) is 0 Å². The van der Waals surface area contributed by atoms with E-state index < -0.39 is 5.97 Å². The number of aryl methyl sites for hydroxylation is 1. The highest BCUT2D eigenvalue weighted by molar-refractivity contribution is 6.35. The smallest absolute Gasteiger partial charge is 0.335 e. The molecule has 2 aromatic rings. The highest BCUT2D eigenvalue weighted by Gasteiger charge is 2.11. The number of rotatable bonds is 4. The van der Waals surface area contributed by atoms with Crippen molar-refractivity contribution in [2.24, 2.45) is 0 Å². The maximum Gasteiger partial charge on any atom is 0.335 e. The van der Waals surface area contributed by atoms with Crippen molar-refractivity contribution < 1.29 is 9.90 Å². The van der Waals surface area contributed by atoms with E-state index in [2.05, 4.69) is 0 Å². The van der Waals surface area contributed by atoms with Crippen LogP contribution in [-0.4, -0.2) is 11.1 Å². The molecule has 0 aromatic heterocycles. The predicted molar refractivity (Wildman–Crippen MR) is 82.9 cm³/mol. The molecule has 0 unspecified atom stereocenters. The van der Waals surface area contributed by atoms with E-state index in [1.54, 1.807) is 24.3 Å². The van der Waals surface area contributed by atoms with Gasteiger partial charge < -0.3 is 5.11 Å². The predicted octanol–water partition coefficient (Wildman–Crippen LogP) is 5.31. The topological polar surface area (TPSA) is 37.3 Å². The third-order valence-electron chi connectivity index (χ3n) is 3.06. The van der Waals surface area contributed by atoms with Crippen LogP contribution < -0.4 is 0 Å². The van der Waals surface area contributed by atoms with E-state index in [1.807, 2.05) is 19.1 Å². The van der Waals surface area contributed by atoms with Gasteiger partial charge in [0.05, 0.1) is 5.56 Å². The van der Waals surface area contributed by atoms with Crippen LogP contribution in [0.3, 0.4) is 0 Å². The minimum absolute atomic E-state index is 0.334. The van der Waals surface area contributed by atoms with Gasteiger partial charge in [-0.05, 0) is 47.4 Å². The van der Waals surface area contributed by atoms with E-state index in [0.29, 0.717) is 15.6 Å². The number of aromatic carboxylic acids is 1. The number of carboxylic acid groups (broad SMARTS) is 1. The number of hydrogen-bond acceptors (Lipinski definition) is 1. The van der Waals surface area contributed by atoms with Gasteiger partial charge in [-0.1, -0.05) is 48.7 Å². The largest absolute Gasteiger partial charge is 0.478 e. The summed E-state index contributed by atoms with van der Waals surface area (Å²) < 4.78 is 0. The van der Waals surface area contributed by atoms with Gasteiger partial charge in [0.1, 0.15) is 0 Å². The minimum Gasteiger partial charge on any atom is -0.478 e. The highest BCUT2D eigenvalue weighted by Crippen LogP contribution is 2.29. The summed E-state index contributed by atoms with van der Waals surface area (Å²) in [4.78, 5) is 11.4. The molecule has 104 valence electrons. The summed E-state index contributed by atoms with van der Waals surface area (Å²) in [5.74, 6) is -0.913. The summed E-state index contributed by atoms with van der Waals surface area (Å²) >= 11 is 12.0. The standard InChI is InChI=1S/C16H14Cl2O2/c1-2-3-10-4-5-11(8-15(10)16(19)20)12-6-13(17)9-14(18)7-12/h4-9H,2-3H2,1H3,(H,19,20). The average Bonchev–Trinajstić information content (AvgIpc) is 2.38. The molecule has 0 aliphatic carbocycles. The first-order valence-corrected chi connectivity index (χ1v) is 7.09. The fourth-order valence-electron chi connectivity index (χ4n) is 2.16. The van der Waals surface area contributed by atoms with E-state index >= 15 is 0 Å². The Bertz CT molecular complexity index is 631. The third-order valence-corrected chi connectivity index (χ3v) is 3.49. The summed E-state index contributed by atoms with van der Waals surface area (Å²) in [6, 6.07) is 10.6. The molecular formula is C16H14Cl2O2. The molecule has 2 nitrogen and oxygen atoms in total. The van der Waals surface area contributed by atoms with Gasteiger partial charge in [-0.2, -0.15) is 0 Å². The van der Waals surface area contributed by atoms with E-state index in [-0.39, 0.29) is 0 Å². The molecule has 2 rings (SSSR count). The Morgan fingerprint density at radius 3 is 2.25 bits per heavy atom. The number of hydrogen-bond donors (Lipinski definition) is 1. The molecule has 0 aliphatic rings. The maximum absolute atomic E-state index is 11.4. The van der Waals surface area contributed by atoms with Gasteiger partial charge in [-0.15, -0.1) is 0 Å². The zero-order chi connectivity index (χ0) is 14.7. The second-order valence-electron chi connectivity index (χ2n) is 4.59. The fourth-order valence-corrected chi connectivity index (χ4v) is 2.69. The van der Waals surface area contributed by atoms with Gasteiger partial charge in [-0.3, -0.25) is 0 Å². The lowest BCUT2D eigenvalue weighted by molar-refractivity contribution is 0.0695. The lowest BCUT2D eigenvalue weighted by Crippen LogP contribution is -2.02. The van der Waals surface area contributed by atoms with E-state index in [1.165, 1.54) is 0 Å². The summed E-state index contributed by atoms with van der Waals surface area (Å²) in [6.45, 7) is 2.02. The monoisotopic (exact) mass is 308 g/mol. The quantitative estimate of drug-likeness (QED) is 0.831. The molecule has 0 aliphatic heterocycles. The van der Waals surface area contributed by atoms with Gasteiger partial charge in [0.25, 0.3) is 0 Å². The minimum atomic E-state index is -0.913. The lowest BCUT2D eigenvalue weighted by Gasteiger charge is -2.09. The van der Waals surface area contributed by atoms with E-state index in [9.17, 15) is 9.90 Å². The van der Waals surface area contributed by atoms with Crippen molar-refractivity contribution in [2.45, 2.75) is 19.8 Å². The Morgan fingerprint density at radius 2 is 1.70 bits per heavy atom. The van der Waals surface area contributed by atoms with Crippen molar-refractivity contribution in [1.29, 1.82) is 0 Å². The second kappa shape index (κ2) is 6.29. The SMILES string of the molecule is CCCc1ccc(-c2cc(Cl)cc(Cl)c2)cc1C(=O)O. The number of carbonyl (C=O) groups is 1. The zero-order valence-electron chi connectivity index (χ0n) is 11.0. The highest BCUT2D eigenvalue weighted by atomic mass is 35.5. The van der Waals surface area contributed by atoms with Gasteiger partial charge in [0.2, 0.25) is 0 Å². The molecule has 0 amide bonds. The molecule has 0 spiro atoms. The summed E-state index contributed by atoms with van der Waals surface area (Å²) in [6.07, 6.45) is 1.65. The summed E-state index contributed by atoms with van der Waals surface area (Å²) in [7, 11) is 0. The molecule has 20 heavy (non-hydrogen) atoms. The van der Waals surface area contributed by atoms with Crippen LogP contribution >= 0.6 is 23.2 Å². The molecule has 2 aromatic carbocycles. The maximum atomic E-state index is 11.4. The van der Waals surface area contributed by atoms with Crippen LogP contribution in [-0.2, 0) is 6.42 Å². The van der Waals surface area contributed by atoms with Crippen LogP contribution in [0.2, 0.25) is 10.0 Å². The molecule has 0 radical (unpaired) electrons. The van der Waals surface area contributed by atoms with Crippen molar-refractivity contribution in [3.63, 3.8) is 0 Å². The van der Waals surface area contributed by atoms with Crippen molar-refractivity contribution in [1.82, 2.24) is 0 Å². The van der Waals surface area contributed by atoms with Crippen molar-refractivity contribution in [2.75, 3.05) is 0 Å². The number of benzene rings is 2. The van der Waals surface area contributed by atoms with Crippen LogP contribution in [0.15, 0.2) is 36.4 Å². The van der Waals surface area contributed by atoms with Crippen LogP contribution in [0.1, 0.15) is 29.3 Å². The molecule has 0 bridgehead atoms. The Balaban J connectivity index is 2.52. The Labute approximate surface area is 128 Å². The van der Waals surface area contributed by atoms with E-state index in [0.717, 1.165) is 29.5 Å². The average molecular weight is 309 g/mol. The number of carboxylic acids is 1. The second-order valence-corrected chi connectivity index (χ2v) is 5.46. The van der Waals surface area contributed by atoms with Crippen molar-refractivity contribution in [3.8, 4) is 11.1 Å². The fraction of sp³-hybridized carbons (Fsp3) is 0.188. The summed E-state index contributed by atoms with van der Waals surface area (Å²) in [5, 5.41) is 10.4.